The first kappa shape index (κ1) is 18.3. The van der Waals surface area contributed by atoms with Crippen molar-refractivity contribution in [3.63, 3.8) is 0 Å². The van der Waals surface area contributed by atoms with Gasteiger partial charge in [0.05, 0.1) is 11.4 Å². The Morgan fingerprint density at radius 3 is 2.82 bits per heavy atom. The molecule has 1 aromatic carbocycles. The van der Waals surface area contributed by atoms with Crippen molar-refractivity contribution in [2.24, 2.45) is 5.92 Å². The van der Waals surface area contributed by atoms with Gasteiger partial charge in [0, 0.05) is 43.0 Å². The number of hydrogen-bond donors (Lipinski definition) is 1. The summed E-state index contributed by atoms with van der Waals surface area (Å²) in [4.78, 5) is 28.5. The van der Waals surface area contributed by atoms with Gasteiger partial charge in [0.1, 0.15) is 5.82 Å². The third kappa shape index (κ3) is 3.81. The molecule has 1 aliphatic rings. The topological polar surface area (TPSA) is 71.0 Å². The number of carbonyl (C=O) groups excluding carboxylic acids is 1. The zero-order valence-corrected chi connectivity index (χ0v) is 16.1. The number of hydrogen-bond acceptors (Lipinski definition) is 5. The highest BCUT2D eigenvalue weighted by molar-refractivity contribution is 5.91. The molecule has 0 aliphatic carbocycles. The van der Waals surface area contributed by atoms with Crippen molar-refractivity contribution >= 4 is 22.6 Å². The minimum absolute atomic E-state index is 0.00148. The SMILES string of the molecule is CCCNC(=O)C1CCCN(c2nc(-c3ccncc3)nc3ccccc23)C1. The summed E-state index contributed by atoms with van der Waals surface area (Å²) in [5, 5.41) is 4.07. The molecule has 144 valence electrons. The number of piperidine rings is 1. The van der Waals surface area contributed by atoms with E-state index in [1.54, 1.807) is 12.4 Å². The van der Waals surface area contributed by atoms with Crippen molar-refractivity contribution in [3.8, 4) is 11.4 Å². The Morgan fingerprint density at radius 1 is 1.18 bits per heavy atom. The highest BCUT2D eigenvalue weighted by Crippen LogP contribution is 2.30. The van der Waals surface area contributed by atoms with Crippen LogP contribution in [0.5, 0.6) is 0 Å². The van der Waals surface area contributed by atoms with Crippen molar-refractivity contribution < 1.29 is 4.79 Å². The summed E-state index contributed by atoms with van der Waals surface area (Å²) in [5.41, 5.74) is 1.85. The van der Waals surface area contributed by atoms with E-state index < -0.39 is 0 Å². The predicted molar refractivity (Wildman–Crippen MR) is 111 cm³/mol. The van der Waals surface area contributed by atoms with Gasteiger partial charge < -0.3 is 10.2 Å². The van der Waals surface area contributed by atoms with Crippen LogP contribution in [0.1, 0.15) is 26.2 Å². The molecule has 0 saturated carbocycles. The molecule has 1 aliphatic heterocycles. The van der Waals surface area contributed by atoms with Gasteiger partial charge in [0.25, 0.3) is 0 Å². The zero-order chi connectivity index (χ0) is 19.3. The van der Waals surface area contributed by atoms with Crippen molar-refractivity contribution in [3.05, 3.63) is 48.8 Å². The van der Waals surface area contributed by atoms with E-state index in [2.05, 4.69) is 28.2 Å². The first-order valence-electron chi connectivity index (χ1n) is 9.96. The van der Waals surface area contributed by atoms with Crippen LogP contribution in [0.4, 0.5) is 5.82 Å². The predicted octanol–water partition coefficient (Wildman–Crippen LogP) is 3.43. The molecule has 1 amide bonds. The van der Waals surface area contributed by atoms with Gasteiger partial charge in [-0.2, -0.15) is 0 Å². The summed E-state index contributed by atoms with van der Waals surface area (Å²) < 4.78 is 0. The number of amides is 1. The summed E-state index contributed by atoms with van der Waals surface area (Å²) >= 11 is 0. The first-order chi connectivity index (χ1) is 13.8. The third-order valence-corrected chi connectivity index (χ3v) is 5.16. The fraction of sp³-hybridized carbons (Fsp3) is 0.364. The van der Waals surface area contributed by atoms with Crippen LogP contribution in [0.25, 0.3) is 22.3 Å². The fourth-order valence-electron chi connectivity index (χ4n) is 3.71. The van der Waals surface area contributed by atoms with Crippen LogP contribution < -0.4 is 10.2 Å². The van der Waals surface area contributed by atoms with Crippen LogP contribution in [0, 0.1) is 5.92 Å². The molecule has 0 spiro atoms. The Labute approximate surface area is 165 Å². The van der Waals surface area contributed by atoms with Gasteiger partial charge in [-0.1, -0.05) is 19.1 Å². The molecule has 1 atom stereocenters. The Bertz CT molecular complexity index is 960. The Morgan fingerprint density at radius 2 is 2.00 bits per heavy atom. The van der Waals surface area contributed by atoms with E-state index in [-0.39, 0.29) is 11.8 Å². The van der Waals surface area contributed by atoms with Crippen LogP contribution in [0.3, 0.4) is 0 Å². The lowest BCUT2D eigenvalue weighted by Crippen LogP contribution is -2.43. The molecule has 0 bridgehead atoms. The molecule has 0 radical (unpaired) electrons. The first-order valence-corrected chi connectivity index (χ1v) is 9.96. The monoisotopic (exact) mass is 375 g/mol. The Kier molecular flexibility index (Phi) is 5.46. The number of benzene rings is 1. The molecule has 3 heterocycles. The quantitative estimate of drug-likeness (QED) is 0.740. The van der Waals surface area contributed by atoms with Gasteiger partial charge in [-0.15, -0.1) is 0 Å². The lowest BCUT2D eigenvalue weighted by molar-refractivity contribution is -0.125. The van der Waals surface area contributed by atoms with Crippen LogP contribution in [0.15, 0.2) is 48.8 Å². The number of carbonyl (C=O) groups is 1. The zero-order valence-electron chi connectivity index (χ0n) is 16.1. The minimum Gasteiger partial charge on any atom is -0.356 e. The molecular weight excluding hydrogens is 350 g/mol. The number of fused-ring (bicyclic) bond motifs is 1. The largest absolute Gasteiger partial charge is 0.356 e. The maximum atomic E-state index is 12.5. The number of nitrogens with zero attached hydrogens (tertiary/aromatic N) is 4. The van der Waals surface area contributed by atoms with Crippen LogP contribution in [0.2, 0.25) is 0 Å². The highest BCUT2D eigenvalue weighted by atomic mass is 16.1. The normalized spacial score (nSPS) is 16.9. The lowest BCUT2D eigenvalue weighted by atomic mass is 9.96. The molecule has 1 unspecified atom stereocenters. The Balaban J connectivity index is 1.70. The van der Waals surface area contributed by atoms with E-state index in [4.69, 9.17) is 9.97 Å². The molecule has 28 heavy (non-hydrogen) atoms. The second-order valence-electron chi connectivity index (χ2n) is 7.20. The lowest BCUT2D eigenvalue weighted by Gasteiger charge is -2.33. The second kappa shape index (κ2) is 8.33. The standard InChI is InChI=1S/C22H25N5O/c1-2-11-24-22(28)17-6-5-14-27(15-17)21-18-7-3-4-8-19(18)25-20(26-21)16-9-12-23-13-10-16/h3-4,7-10,12-13,17H,2,5-6,11,14-15H2,1H3,(H,24,28). The fourth-order valence-corrected chi connectivity index (χ4v) is 3.71. The molecule has 6 nitrogen and oxygen atoms in total. The van der Waals surface area contributed by atoms with E-state index in [0.29, 0.717) is 12.4 Å². The molecule has 4 rings (SSSR count). The van der Waals surface area contributed by atoms with E-state index in [9.17, 15) is 4.79 Å². The second-order valence-corrected chi connectivity index (χ2v) is 7.20. The van der Waals surface area contributed by atoms with Gasteiger partial charge in [-0.25, -0.2) is 9.97 Å². The summed E-state index contributed by atoms with van der Waals surface area (Å²) in [5.74, 6) is 1.75. The maximum absolute atomic E-state index is 12.5. The van der Waals surface area contributed by atoms with E-state index in [1.165, 1.54) is 0 Å². The third-order valence-electron chi connectivity index (χ3n) is 5.16. The molecule has 1 N–H and O–H groups in total. The van der Waals surface area contributed by atoms with Gasteiger partial charge in [-0.3, -0.25) is 9.78 Å². The molecule has 3 aromatic rings. The summed E-state index contributed by atoms with van der Waals surface area (Å²) in [7, 11) is 0. The number of para-hydroxylation sites is 1. The average Bonchev–Trinajstić information content (AvgIpc) is 2.77. The van der Waals surface area contributed by atoms with Crippen LogP contribution in [-0.2, 0) is 4.79 Å². The maximum Gasteiger partial charge on any atom is 0.224 e. The number of pyridine rings is 1. The summed E-state index contributed by atoms with van der Waals surface area (Å²) in [6.07, 6.45) is 6.36. The highest BCUT2D eigenvalue weighted by Gasteiger charge is 2.27. The molecule has 6 heteroatoms. The van der Waals surface area contributed by atoms with Gasteiger partial charge in [0.15, 0.2) is 5.82 Å². The van der Waals surface area contributed by atoms with E-state index in [0.717, 1.165) is 54.6 Å². The van der Waals surface area contributed by atoms with Gasteiger partial charge in [-0.05, 0) is 43.5 Å². The Hall–Kier alpha value is -3.02. The molecule has 1 saturated heterocycles. The van der Waals surface area contributed by atoms with Crippen molar-refractivity contribution in [2.45, 2.75) is 26.2 Å². The van der Waals surface area contributed by atoms with Crippen LogP contribution in [-0.4, -0.2) is 40.5 Å². The van der Waals surface area contributed by atoms with Crippen LogP contribution >= 0.6 is 0 Å². The number of anilines is 1. The van der Waals surface area contributed by atoms with Crippen molar-refractivity contribution in [2.75, 3.05) is 24.5 Å². The summed E-state index contributed by atoms with van der Waals surface area (Å²) in [6.45, 7) is 4.39. The molecule has 2 aromatic heterocycles. The number of aromatic nitrogens is 3. The van der Waals surface area contributed by atoms with Crippen molar-refractivity contribution in [1.29, 1.82) is 0 Å². The average molecular weight is 375 g/mol. The number of nitrogens with one attached hydrogen (secondary N) is 1. The van der Waals surface area contributed by atoms with Crippen molar-refractivity contribution in [1.82, 2.24) is 20.3 Å². The minimum atomic E-state index is -0.00148. The van der Waals surface area contributed by atoms with E-state index >= 15 is 0 Å². The summed E-state index contributed by atoms with van der Waals surface area (Å²) in [6, 6.07) is 11.9. The van der Waals surface area contributed by atoms with Gasteiger partial charge in [0.2, 0.25) is 5.91 Å². The van der Waals surface area contributed by atoms with E-state index in [1.807, 2.05) is 30.3 Å². The molecular formula is C22H25N5O. The van der Waals surface area contributed by atoms with Gasteiger partial charge >= 0.3 is 0 Å². The smallest absolute Gasteiger partial charge is 0.224 e. The number of rotatable bonds is 5. The molecule has 1 fully saturated rings.